The smallest absolute Gasteiger partial charge is 0.334 e. The summed E-state index contributed by atoms with van der Waals surface area (Å²) in [5, 5.41) is 0. The van der Waals surface area contributed by atoms with Crippen LogP contribution in [0.25, 0.3) is 0 Å². The Morgan fingerprint density at radius 3 is 3.00 bits per heavy atom. The summed E-state index contributed by atoms with van der Waals surface area (Å²) in [6.07, 6.45) is 4.36. The number of likely N-dealkylation sites (N-methyl/N-ethyl adjacent to an activating group) is 1. The molecule has 0 radical (unpaired) electrons. The van der Waals surface area contributed by atoms with Gasteiger partial charge in [0.25, 0.3) is 0 Å². The molecule has 1 saturated heterocycles. The van der Waals surface area contributed by atoms with Gasteiger partial charge < -0.3 is 9.47 Å². The van der Waals surface area contributed by atoms with Crippen molar-refractivity contribution in [1.82, 2.24) is 4.90 Å². The van der Waals surface area contributed by atoms with Crippen LogP contribution in [0, 0.1) is 0 Å². The number of rotatable bonds is 3. The molecule has 0 aromatic carbocycles. The van der Waals surface area contributed by atoms with Crippen molar-refractivity contribution in [2.24, 2.45) is 0 Å². The SMILES string of the molecule is C=CC(=O)OC=CC1(C)COCCN1C. The van der Waals surface area contributed by atoms with E-state index in [0.29, 0.717) is 6.61 Å². The first-order valence-electron chi connectivity index (χ1n) is 4.88. The second-order valence-electron chi connectivity index (χ2n) is 3.78. The van der Waals surface area contributed by atoms with Gasteiger partial charge in [-0.25, -0.2) is 4.79 Å². The van der Waals surface area contributed by atoms with Crippen LogP contribution in [0.5, 0.6) is 0 Å². The average Bonchev–Trinajstić information content (AvgIpc) is 2.22. The third-order valence-corrected chi connectivity index (χ3v) is 2.62. The Morgan fingerprint density at radius 1 is 1.67 bits per heavy atom. The van der Waals surface area contributed by atoms with Crippen LogP contribution in [0.2, 0.25) is 0 Å². The van der Waals surface area contributed by atoms with E-state index in [2.05, 4.69) is 11.5 Å². The molecule has 84 valence electrons. The van der Waals surface area contributed by atoms with Crippen molar-refractivity contribution in [2.75, 3.05) is 26.8 Å². The van der Waals surface area contributed by atoms with Crippen LogP contribution in [0.15, 0.2) is 25.0 Å². The monoisotopic (exact) mass is 211 g/mol. The zero-order valence-corrected chi connectivity index (χ0v) is 9.23. The summed E-state index contributed by atoms with van der Waals surface area (Å²) < 4.78 is 10.2. The second-order valence-corrected chi connectivity index (χ2v) is 3.78. The van der Waals surface area contributed by atoms with Crippen molar-refractivity contribution in [3.63, 3.8) is 0 Å². The molecule has 4 heteroatoms. The molecule has 0 amide bonds. The fraction of sp³-hybridized carbons (Fsp3) is 0.545. The summed E-state index contributed by atoms with van der Waals surface area (Å²) in [5.41, 5.74) is -0.209. The number of nitrogens with zero attached hydrogens (tertiary/aromatic N) is 1. The minimum atomic E-state index is -0.450. The van der Waals surface area contributed by atoms with Crippen molar-refractivity contribution in [3.8, 4) is 0 Å². The van der Waals surface area contributed by atoms with Crippen LogP contribution in [-0.2, 0) is 14.3 Å². The normalized spacial score (nSPS) is 27.9. The molecule has 0 aliphatic carbocycles. The van der Waals surface area contributed by atoms with Gasteiger partial charge in [-0.15, -0.1) is 0 Å². The van der Waals surface area contributed by atoms with Gasteiger partial charge in [-0.05, 0) is 20.0 Å². The summed E-state index contributed by atoms with van der Waals surface area (Å²) in [5.74, 6) is -0.450. The van der Waals surface area contributed by atoms with E-state index in [4.69, 9.17) is 9.47 Å². The van der Waals surface area contributed by atoms with Crippen molar-refractivity contribution in [2.45, 2.75) is 12.5 Å². The van der Waals surface area contributed by atoms with Crippen LogP contribution in [0.4, 0.5) is 0 Å². The van der Waals surface area contributed by atoms with Crippen LogP contribution in [-0.4, -0.2) is 43.2 Å². The fourth-order valence-corrected chi connectivity index (χ4v) is 1.32. The highest BCUT2D eigenvalue weighted by Crippen LogP contribution is 2.19. The Hall–Kier alpha value is -1.13. The molecule has 1 unspecified atom stereocenters. The minimum Gasteiger partial charge on any atom is -0.432 e. The van der Waals surface area contributed by atoms with Crippen LogP contribution >= 0.6 is 0 Å². The molecule has 4 nitrogen and oxygen atoms in total. The van der Waals surface area contributed by atoms with Gasteiger partial charge >= 0.3 is 5.97 Å². The molecule has 0 N–H and O–H groups in total. The molecular formula is C11H17NO3. The quantitative estimate of drug-likeness (QED) is 0.396. The third kappa shape index (κ3) is 3.18. The molecular weight excluding hydrogens is 194 g/mol. The molecule has 1 aliphatic heterocycles. The van der Waals surface area contributed by atoms with Gasteiger partial charge in [-0.2, -0.15) is 0 Å². The average molecular weight is 211 g/mol. The molecule has 1 heterocycles. The van der Waals surface area contributed by atoms with E-state index in [9.17, 15) is 4.79 Å². The zero-order chi connectivity index (χ0) is 11.3. The molecule has 0 aromatic heterocycles. The summed E-state index contributed by atoms with van der Waals surface area (Å²) in [6.45, 7) is 7.56. The summed E-state index contributed by atoms with van der Waals surface area (Å²) >= 11 is 0. The van der Waals surface area contributed by atoms with Crippen molar-refractivity contribution in [3.05, 3.63) is 25.0 Å². The number of carbonyl (C=O) groups excluding carboxylic acids is 1. The number of morpholine rings is 1. The standard InChI is InChI=1S/C11H17NO3/c1-4-10(13)15-7-5-11(2)9-14-8-6-12(11)3/h4-5,7H,1,6,8-9H2,2-3H3. The molecule has 15 heavy (non-hydrogen) atoms. The summed E-state index contributed by atoms with van der Waals surface area (Å²) in [4.78, 5) is 13.0. The Balaban J connectivity index is 2.53. The number of ether oxygens (including phenoxy) is 2. The number of hydrogen-bond acceptors (Lipinski definition) is 4. The number of esters is 1. The van der Waals surface area contributed by atoms with E-state index in [0.717, 1.165) is 19.2 Å². The molecule has 0 bridgehead atoms. The van der Waals surface area contributed by atoms with Crippen molar-refractivity contribution < 1.29 is 14.3 Å². The molecule has 0 aromatic rings. The molecule has 1 rings (SSSR count). The van der Waals surface area contributed by atoms with Gasteiger partial charge in [-0.1, -0.05) is 6.58 Å². The topological polar surface area (TPSA) is 38.8 Å². The number of carbonyl (C=O) groups is 1. The van der Waals surface area contributed by atoms with Gasteiger partial charge in [0.15, 0.2) is 0 Å². The highest BCUT2D eigenvalue weighted by atomic mass is 16.5. The Kier molecular flexibility index (Phi) is 4.05. The van der Waals surface area contributed by atoms with E-state index >= 15 is 0 Å². The van der Waals surface area contributed by atoms with E-state index in [-0.39, 0.29) is 5.54 Å². The van der Waals surface area contributed by atoms with Crippen molar-refractivity contribution in [1.29, 1.82) is 0 Å². The zero-order valence-electron chi connectivity index (χ0n) is 9.23. The maximum absolute atomic E-state index is 10.8. The minimum absolute atomic E-state index is 0.209. The first kappa shape index (κ1) is 11.9. The van der Waals surface area contributed by atoms with E-state index in [1.54, 1.807) is 0 Å². The summed E-state index contributed by atoms with van der Waals surface area (Å²) in [6, 6.07) is 0. The van der Waals surface area contributed by atoms with Gasteiger partial charge in [0, 0.05) is 12.6 Å². The molecule has 0 spiro atoms. The van der Waals surface area contributed by atoms with E-state index in [1.165, 1.54) is 6.26 Å². The Bertz CT molecular complexity index is 275. The van der Waals surface area contributed by atoms with Gasteiger partial charge in [0.05, 0.1) is 25.0 Å². The first-order chi connectivity index (χ1) is 7.08. The summed E-state index contributed by atoms with van der Waals surface area (Å²) in [7, 11) is 2.02. The Morgan fingerprint density at radius 2 is 2.40 bits per heavy atom. The highest BCUT2D eigenvalue weighted by molar-refractivity contribution is 5.81. The maximum Gasteiger partial charge on any atom is 0.334 e. The largest absolute Gasteiger partial charge is 0.432 e. The lowest BCUT2D eigenvalue weighted by atomic mass is 10.0. The van der Waals surface area contributed by atoms with E-state index in [1.807, 2.05) is 20.0 Å². The van der Waals surface area contributed by atoms with Crippen molar-refractivity contribution >= 4 is 5.97 Å². The second kappa shape index (κ2) is 5.09. The Labute approximate surface area is 90.2 Å². The van der Waals surface area contributed by atoms with Crippen LogP contribution in [0.3, 0.4) is 0 Å². The molecule has 1 aliphatic rings. The lowest BCUT2D eigenvalue weighted by molar-refractivity contribution is -0.132. The lowest BCUT2D eigenvalue weighted by Crippen LogP contribution is -2.51. The van der Waals surface area contributed by atoms with Gasteiger partial charge in [0.1, 0.15) is 0 Å². The predicted octanol–water partition coefficient (Wildman–Crippen LogP) is 0.950. The maximum atomic E-state index is 10.8. The van der Waals surface area contributed by atoms with E-state index < -0.39 is 5.97 Å². The fourth-order valence-electron chi connectivity index (χ4n) is 1.32. The van der Waals surface area contributed by atoms with Gasteiger partial charge in [-0.3, -0.25) is 4.90 Å². The van der Waals surface area contributed by atoms with Gasteiger partial charge in [0.2, 0.25) is 0 Å². The predicted molar refractivity (Wildman–Crippen MR) is 57.3 cm³/mol. The van der Waals surface area contributed by atoms with Crippen LogP contribution in [0.1, 0.15) is 6.92 Å². The molecule has 1 atom stereocenters. The third-order valence-electron chi connectivity index (χ3n) is 2.62. The highest BCUT2D eigenvalue weighted by Gasteiger charge is 2.30. The molecule has 1 fully saturated rings. The number of hydrogen-bond donors (Lipinski definition) is 0. The van der Waals surface area contributed by atoms with Crippen LogP contribution < -0.4 is 0 Å². The lowest BCUT2D eigenvalue weighted by Gasteiger charge is -2.39. The molecule has 0 saturated carbocycles. The first-order valence-corrected chi connectivity index (χ1v) is 4.88.